The number of nitrogens with zero attached hydrogens (tertiary/aromatic N) is 2. The summed E-state index contributed by atoms with van der Waals surface area (Å²) in [5.41, 5.74) is 1.98. The Labute approximate surface area is 140 Å². The molecular weight excluding hydrogens is 308 g/mol. The molecule has 2 aromatic carbocycles. The number of ether oxygens (including phenoxy) is 1. The molecule has 0 aliphatic heterocycles. The molecule has 2 aromatic rings. The summed E-state index contributed by atoms with van der Waals surface area (Å²) in [6.07, 6.45) is 1.47. The van der Waals surface area contributed by atoms with Crippen LogP contribution in [0.2, 0.25) is 0 Å². The lowest BCUT2D eigenvalue weighted by atomic mass is 10.1. The summed E-state index contributed by atoms with van der Waals surface area (Å²) >= 11 is 0. The van der Waals surface area contributed by atoms with Gasteiger partial charge in [-0.3, -0.25) is 4.79 Å². The summed E-state index contributed by atoms with van der Waals surface area (Å²) in [5, 5.41) is 3.76. The van der Waals surface area contributed by atoms with Crippen molar-refractivity contribution in [2.75, 3.05) is 25.7 Å². The van der Waals surface area contributed by atoms with Crippen LogP contribution in [-0.4, -0.2) is 38.9 Å². The number of hydrogen-bond donors (Lipinski definition) is 0. The fourth-order valence-corrected chi connectivity index (χ4v) is 1.91. The van der Waals surface area contributed by atoms with Crippen molar-refractivity contribution in [2.45, 2.75) is 0 Å². The largest absolute Gasteiger partial charge is 0.465 e. The standard InChI is InChI=1S/C18H18N2O4/c1-20(16-6-4-3-5-7-16)17(21)13-24-19-12-14-8-10-15(11-9-14)18(22)23-2/h3-12H,13H2,1-2H3/b19-12+. The summed E-state index contributed by atoms with van der Waals surface area (Å²) in [6, 6.07) is 15.9. The van der Waals surface area contributed by atoms with Gasteiger partial charge in [0, 0.05) is 12.7 Å². The van der Waals surface area contributed by atoms with Crippen LogP contribution in [0.15, 0.2) is 59.8 Å². The van der Waals surface area contributed by atoms with E-state index in [1.54, 1.807) is 31.3 Å². The molecule has 0 radical (unpaired) electrons. The highest BCUT2D eigenvalue weighted by Gasteiger charge is 2.10. The van der Waals surface area contributed by atoms with E-state index in [1.807, 2.05) is 30.3 Å². The number of benzene rings is 2. The molecule has 0 bridgehead atoms. The van der Waals surface area contributed by atoms with Crippen molar-refractivity contribution in [1.82, 2.24) is 0 Å². The molecule has 124 valence electrons. The van der Waals surface area contributed by atoms with E-state index in [-0.39, 0.29) is 12.5 Å². The maximum atomic E-state index is 12.0. The number of rotatable bonds is 6. The van der Waals surface area contributed by atoms with Crippen LogP contribution < -0.4 is 4.90 Å². The molecular formula is C18H18N2O4. The SMILES string of the molecule is COC(=O)c1ccc(/C=N/OCC(=O)N(C)c2ccccc2)cc1. The normalized spacial score (nSPS) is 10.4. The molecule has 1 amide bonds. The van der Waals surface area contributed by atoms with Crippen molar-refractivity contribution >= 4 is 23.8 Å². The van der Waals surface area contributed by atoms with Gasteiger partial charge in [-0.15, -0.1) is 0 Å². The number of hydrogen-bond acceptors (Lipinski definition) is 5. The minimum Gasteiger partial charge on any atom is -0.465 e. The minimum absolute atomic E-state index is 0.165. The van der Waals surface area contributed by atoms with Gasteiger partial charge >= 0.3 is 5.97 Å². The van der Waals surface area contributed by atoms with Gasteiger partial charge in [-0.25, -0.2) is 4.79 Å². The van der Waals surface area contributed by atoms with Crippen LogP contribution in [0.5, 0.6) is 0 Å². The number of para-hydroxylation sites is 1. The smallest absolute Gasteiger partial charge is 0.337 e. The van der Waals surface area contributed by atoms with E-state index >= 15 is 0 Å². The van der Waals surface area contributed by atoms with E-state index < -0.39 is 5.97 Å². The lowest BCUT2D eigenvalue weighted by Gasteiger charge is -2.16. The van der Waals surface area contributed by atoms with Gasteiger partial charge in [0.2, 0.25) is 0 Å². The first kappa shape index (κ1) is 17.2. The van der Waals surface area contributed by atoms with E-state index in [9.17, 15) is 9.59 Å². The Morgan fingerprint density at radius 1 is 1.08 bits per heavy atom. The molecule has 0 saturated carbocycles. The number of carbonyl (C=O) groups is 2. The number of oxime groups is 1. The molecule has 2 rings (SSSR count). The van der Waals surface area contributed by atoms with Crippen molar-refractivity contribution < 1.29 is 19.2 Å². The molecule has 0 unspecified atom stereocenters. The van der Waals surface area contributed by atoms with Crippen LogP contribution in [0.1, 0.15) is 15.9 Å². The average molecular weight is 326 g/mol. The quantitative estimate of drug-likeness (QED) is 0.465. The maximum absolute atomic E-state index is 12.0. The van der Waals surface area contributed by atoms with Crippen molar-refractivity contribution in [3.63, 3.8) is 0 Å². The molecule has 0 aliphatic rings. The summed E-state index contributed by atoms with van der Waals surface area (Å²) in [5.74, 6) is -0.608. The molecule has 0 spiro atoms. The summed E-state index contributed by atoms with van der Waals surface area (Å²) in [6.45, 7) is -0.165. The molecule has 0 heterocycles. The monoisotopic (exact) mass is 326 g/mol. The van der Waals surface area contributed by atoms with Gasteiger partial charge in [-0.1, -0.05) is 35.5 Å². The minimum atomic E-state index is -0.399. The molecule has 6 heteroatoms. The Morgan fingerprint density at radius 3 is 2.38 bits per heavy atom. The first-order valence-corrected chi connectivity index (χ1v) is 7.27. The second-order valence-electron chi connectivity index (χ2n) is 4.91. The van der Waals surface area contributed by atoms with Crippen molar-refractivity contribution in [3.05, 3.63) is 65.7 Å². The van der Waals surface area contributed by atoms with Crippen LogP contribution in [0.3, 0.4) is 0 Å². The summed E-state index contributed by atoms with van der Waals surface area (Å²) in [4.78, 5) is 29.8. The fourth-order valence-electron chi connectivity index (χ4n) is 1.91. The molecule has 0 N–H and O–H groups in total. The second kappa shape index (κ2) is 8.47. The van der Waals surface area contributed by atoms with E-state index in [0.29, 0.717) is 5.56 Å². The summed E-state index contributed by atoms with van der Waals surface area (Å²) in [7, 11) is 3.01. The van der Waals surface area contributed by atoms with Gasteiger partial charge in [0.15, 0.2) is 6.61 Å². The number of likely N-dealkylation sites (N-methyl/N-ethyl adjacent to an activating group) is 1. The third-order valence-electron chi connectivity index (χ3n) is 3.31. The van der Waals surface area contributed by atoms with E-state index in [1.165, 1.54) is 18.2 Å². The van der Waals surface area contributed by atoms with Crippen LogP contribution in [0.25, 0.3) is 0 Å². The molecule has 0 atom stereocenters. The van der Waals surface area contributed by atoms with Gasteiger partial charge < -0.3 is 14.5 Å². The Kier molecular flexibility index (Phi) is 6.08. The maximum Gasteiger partial charge on any atom is 0.337 e. The van der Waals surface area contributed by atoms with Gasteiger partial charge in [-0.05, 0) is 29.8 Å². The molecule has 24 heavy (non-hydrogen) atoms. The Hall–Kier alpha value is -3.15. The predicted octanol–water partition coefficient (Wildman–Crippen LogP) is 2.49. The molecule has 0 saturated heterocycles. The lowest BCUT2D eigenvalue weighted by molar-refractivity contribution is -0.122. The van der Waals surface area contributed by atoms with E-state index in [0.717, 1.165) is 11.3 Å². The number of amides is 1. The zero-order valence-corrected chi connectivity index (χ0v) is 13.5. The van der Waals surface area contributed by atoms with Gasteiger partial charge in [0.1, 0.15) is 0 Å². The van der Waals surface area contributed by atoms with Gasteiger partial charge in [-0.2, -0.15) is 0 Å². The van der Waals surface area contributed by atoms with Crippen LogP contribution >= 0.6 is 0 Å². The zero-order chi connectivity index (χ0) is 17.4. The van der Waals surface area contributed by atoms with Crippen LogP contribution in [0.4, 0.5) is 5.69 Å². The Morgan fingerprint density at radius 2 is 1.75 bits per heavy atom. The first-order chi connectivity index (χ1) is 11.6. The van der Waals surface area contributed by atoms with Crippen molar-refractivity contribution in [2.24, 2.45) is 5.16 Å². The third kappa shape index (κ3) is 4.67. The Balaban J connectivity index is 1.84. The van der Waals surface area contributed by atoms with Gasteiger partial charge in [0.25, 0.3) is 5.91 Å². The Bertz CT molecular complexity index is 712. The highest BCUT2D eigenvalue weighted by Crippen LogP contribution is 2.11. The predicted molar refractivity (Wildman–Crippen MR) is 91.2 cm³/mol. The van der Waals surface area contributed by atoms with Crippen molar-refractivity contribution in [3.8, 4) is 0 Å². The fraction of sp³-hybridized carbons (Fsp3) is 0.167. The topological polar surface area (TPSA) is 68.2 Å². The van der Waals surface area contributed by atoms with Gasteiger partial charge in [0.05, 0.1) is 18.9 Å². The van der Waals surface area contributed by atoms with Crippen LogP contribution in [0, 0.1) is 0 Å². The number of carbonyl (C=O) groups excluding carboxylic acids is 2. The zero-order valence-electron chi connectivity index (χ0n) is 13.5. The number of esters is 1. The molecule has 0 aliphatic carbocycles. The van der Waals surface area contributed by atoms with E-state index in [2.05, 4.69) is 9.89 Å². The highest BCUT2D eigenvalue weighted by atomic mass is 16.6. The molecule has 6 nitrogen and oxygen atoms in total. The first-order valence-electron chi connectivity index (χ1n) is 7.27. The van der Waals surface area contributed by atoms with Crippen LogP contribution in [-0.2, 0) is 14.4 Å². The number of anilines is 1. The number of methoxy groups -OCH3 is 1. The average Bonchev–Trinajstić information content (AvgIpc) is 2.65. The molecule has 0 aromatic heterocycles. The summed E-state index contributed by atoms with van der Waals surface area (Å²) < 4.78 is 4.62. The molecule has 0 fully saturated rings. The highest BCUT2D eigenvalue weighted by molar-refractivity contribution is 5.93. The lowest BCUT2D eigenvalue weighted by Crippen LogP contribution is -2.29. The second-order valence-corrected chi connectivity index (χ2v) is 4.91. The third-order valence-corrected chi connectivity index (χ3v) is 3.31. The van der Waals surface area contributed by atoms with Crippen molar-refractivity contribution in [1.29, 1.82) is 0 Å². The van der Waals surface area contributed by atoms with E-state index in [4.69, 9.17) is 4.84 Å².